The molecule has 3 rings (SSSR count). The molecule has 0 bridgehead atoms. The van der Waals surface area contributed by atoms with Crippen LogP contribution in [0, 0.1) is 6.92 Å². The number of fused-ring (bicyclic) bond motifs is 1. The molecule has 1 unspecified atom stereocenters. The van der Waals surface area contributed by atoms with Gasteiger partial charge in [-0.3, -0.25) is 0 Å². The summed E-state index contributed by atoms with van der Waals surface area (Å²) in [7, 11) is 0. The maximum atomic E-state index is 4.61. The Morgan fingerprint density at radius 1 is 1.50 bits per heavy atom. The minimum atomic E-state index is 0.529. The molecule has 1 aromatic carbocycles. The Kier molecular flexibility index (Phi) is 2.48. The first-order valence-electron chi connectivity index (χ1n) is 5.61. The zero-order chi connectivity index (χ0) is 11.1. The zero-order valence-corrected chi connectivity index (χ0v) is 10.8. The van der Waals surface area contributed by atoms with Gasteiger partial charge in [0, 0.05) is 12.6 Å². The van der Waals surface area contributed by atoms with Crippen LogP contribution < -0.4 is 5.32 Å². The molecular weight excluding hydrogens is 266 g/mol. The fourth-order valence-corrected chi connectivity index (χ4v) is 3.09. The molecule has 2 heterocycles. The third kappa shape index (κ3) is 1.48. The average Bonchev–Trinajstić information content (AvgIpc) is 2.85. The highest BCUT2D eigenvalue weighted by molar-refractivity contribution is 9.10. The van der Waals surface area contributed by atoms with E-state index in [0.29, 0.717) is 6.04 Å². The number of hydrogen-bond donors (Lipinski definition) is 1. The van der Waals surface area contributed by atoms with Crippen molar-refractivity contribution in [3.63, 3.8) is 0 Å². The second-order valence-corrected chi connectivity index (χ2v) is 5.05. The monoisotopic (exact) mass is 279 g/mol. The van der Waals surface area contributed by atoms with Gasteiger partial charge in [0.15, 0.2) is 4.73 Å². The van der Waals surface area contributed by atoms with Crippen LogP contribution in [0.3, 0.4) is 0 Å². The van der Waals surface area contributed by atoms with E-state index in [0.717, 1.165) is 23.3 Å². The van der Waals surface area contributed by atoms with Gasteiger partial charge >= 0.3 is 0 Å². The van der Waals surface area contributed by atoms with Crippen LogP contribution in [0.25, 0.3) is 11.0 Å². The first-order valence-corrected chi connectivity index (χ1v) is 6.40. The lowest BCUT2D eigenvalue weighted by Gasteiger charge is -2.13. The molecule has 4 heteroatoms. The largest absolute Gasteiger partial charge is 0.315 e. The van der Waals surface area contributed by atoms with Gasteiger partial charge in [-0.05, 0) is 47.4 Å². The van der Waals surface area contributed by atoms with Crippen LogP contribution in [0.2, 0.25) is 0 Å². The van der Waals surface area contributed by atoms with Gasteiger partial charge in [0.05, 0.1) is 11.0 Å². The van der Waals surface area contributed by atoms with Crippen molar-refractivity contribution >= 4 is 27.0 Å². The van der Waals surface area contributed by atoms with E-state index in [2.05, 4.69) is 55.9 Å². The van der Waals surface area contributed by atoms with Crippen LogP contribution in [0.1, 0.15) is 18.0 Å². The maximum absolute atomic E-state index is 4.61. The summed E-state index contributed by atoms with van der Waals surface area (Å²) in [4.78, 5) is 4.61. The zero-order valence-electron chi connectivity index (χ0n) is 9.20. The third-order valence-corrected chi connectivity index (χ3v) is 3.84. The maximum Gasteiger partial charge on any atom is 0.178 e. The Hall–Kier alpha value is -0.870. The minimum Gasteiger partial charge on any atom is -0.315 e. The predicted octanol–water partition coefficient (Wildman–Crippen LogP) is 2.64. The van der Waals surface area contributed by atoms with Gasteiger partial charge in [-0.1, -0.05) is 12.1 Å². The standard InChI is InChI=1S/C12H14BrN3/c1-8-3-2-4-10-11(8)15-12(13)16(10)9-5-6-14-7-9/h2-4,9,14H,5-7H2,1H3. The van der Waals surface area contributed by atoms with Crippen LogP contribution in [0.4, 0.5) is 0 Å². The van der Waals surface area contributed by atoms with E-state index in [-0.39, 0.29) is 0 Å². The molecule has 0 spiro atoms. The summed E-state index contributed by atoms with van der Waals surface area (Å²) >= 11 is 3.58. The molecule has 1 fully saturated rings. The SMILES string of the molecule is Cc1cccc2c1nc(Br)n2C1CCNC1. The summed E-state index contributed by atoms with van der Waals surface area (Å²) in [5, 5.41) is 3.40. The van der Waals surface area contributed by atoms with E-state index in [4.69, 9.17) is 0 Å². The minimum absolute atomic E-state index is 0.529. The van der Waals surface area contributed by atoms with Crippen molar-refractivity contribution in [2.24, 2.45) is 0 Å². The molecule has 0 amide bonds. The molecule has 3 nitrogen and oxygen atoms in total. The molecule has 1 atom stereocenters. The van der Waals surface area contributed by atoms with Gasteiger partial charge in [0.2, 0.25) is 0 Å². The average molecular weight is 280 g/mol. The van der Waals surface area contributed by atoms with Crippen LogP contribution in [-0.4, -0.2) is 22.6 Å². The van der Waals surface area contributed by atoms with E-state index in [1.807, 2.05) is 0 Å². The lowest BCUT2D eigenvalue weighted by atomic mass is 10.2. The molecule has 1 aliphatic heterocycles. The van der Waals surface area contributed by atoms with E-state index in [1.165, 1.54) is 17.5 Å². The van der Waals surface area contributed by atoms with Gasteiger partial charge in [-0.15, -0.1) is 0 Å². The van der Waals surface area contributed by atoms with E-state index in [9.17, 15) is 0 Å². The third-order valence-electron chi connectivity index (χ3n) is 3.28. The van der Waals surface area contributed by atoms with Gasteiger partial charge in [-0.2, -0.15) is 0 Å². The highest BCUT2D eigenvalue weighted by atomic mass is 79.9. The lowest BCUT2D eigenvalue weighted by molar-refractivity contribution is 0.551. The molecule has 1 saturated heterocycles. The molecule has 84 valence electrons. The predicted molar refractivity (Wildman–Crippen MR) is 68.7 cm³/mol. The Morgan fingerprint density at radius 3 is 3.12 bits per heavy atom. The number of benzene rings is 1. The van der Waals surface area contributed by atoms with Crippen molar-refractivity contribution < 1.29 is 0 Å². The number of hydrogen-bond acceptors (Lipinski definition) is 2. The van der Waals surface area contributed by atoms with Gasteiger partial charge in [0.1, 0.15) is 0 Å². The van der Waals surface area contributed by atoms with Crippen LogP contribution in [-0.2, 0) is 0 Å². The lowest BCUT2D eigenvalue weighted by Crippen LogP contribution is -2.13. The van der Waals surface area contributed by atoms with Crippen molar-refractivity contribution in [1.82, 2.24) is 14.9 Å². The normalized spacial score (nSPS) is 20.8. The topological polar surface area (TPSA) is 29.9 Å². The van der Waals surface area contributed by atoms with Crippen LogP contribution in [0.5, 0.6) is 0 Å². The first-order chi connectivity index (χ1) is 7.77. The molecule has 16 heavy (non-hydrogen) atoms. The van der Waals surface area contributed by atoms with Crippen molar-refractivity contribution in [3.8, 4) is 0 Å². The number of rotatable bonds is 1. The Labute approximate surface area is 103 Å². The Morgan fingerprint density at radius 2 is 2.38 bits per heavy atom. The molecular formula is C12H14BrN3. The number of aromatic nitrogens is 2. The van der Waals surface area contributed by atoms with Gasteiger partial charge < -0.3 is 9.88 Å². The summed E-state index contributed by atoms with van der Waals surface area (Å²) in [6.07, 6.45) is 1.18. The number of nitrogens with one attached hydrogen (secondary N) is 1. The van der Waals surface area contributed by atoms with Gasteiger partial charge in [0.25, 0.3) is 0 Å². The van der Waals surface area contributed by atoms with E-state index < -0.39 is 0 Å². The quantitative estimate of drug-likeness (QED) is 0.870. The smallest absolute Gasteiger partial charge is 0.178 e. The van der Waals surface area contributed by atoms with E-state index >= 15 is 0 Å². The number of imidazole rings is 1. The molecule has 1 aliphatic rings. The highest BCUT2D eigenvalue weighted by Crippen LogP contribution is 2.29. The van der Waals surface area contributed by atoms with Crippen molar-refractivity contribution in [1.29, 1.82) is 0 Å². The van der Waals surface area contributed by atoms with E-state index in [1.54, 1.807) is 0 Å². The van der Waals surface area contributed by atoms with Crippen LogP contribution >= 0.6 is 15.9 Å². The molecule has 1 aromatic heterocycles. The molecule has 0 radical (unpaired) electrons. The summed E-state index contributed by atoms with van der Waals surface area (Å²) < 4.78 is 3.26. The number of nitrogens with zero attached hydrogens (tertiary/aromatic N) is 2. The van der Waals surface area contributed by atoms with Gasteiger partial charge in [-0.25, -0.2) is 4.98 Å². The Bertz CT molecular complexity index is 526. The highest BCUT2D eigenvalue weighted by Gasteiger charge is 2.21. The number of halogens is 1. The fourth-order valence-electron chi connectivity index (χ4n) is 2.44. The van der Waals surface area contributed by atoms with Crippen molar-refractivity contribution in [3.05, 3.63) is 28.5 Å². The van der Waals surface area contributed by atoms with Crippen LogP contribution in [0.15, 0.2) is 22.9 Å². The summed E-state index contributed by atoms with van der Waals surface area (Å²) in [6, 6.07) is 6.89. The second kappa shape index (κ2) is 3.86. The summed E-state index contributed by atoms with van der Waals surface area (Å²) in [5.41, 5.74) is 3.59. The fraction of sp³-hybridized carbons (Fsp3) is 0.417. The molecule has 0 aliphatic carbocycles. The molecule has 1 N–H and O–H groups in total. The summed E-state index contributed by atoms with van der Waals surface area (Å²) in [6.45, 7) is 4.25. The second-order valence-electron chi connectivity index (χ2n) is 4.34. The summed E-state index contributed by atoms with van der Waals surface area (Å²) in [5.74, 6) is 0. The molecule has 2 aromatic rings. The molecule has 0 saturated carbocycles. The Balaban J connectivity index is 2.22. The number of aryl methyl sites for hydroxylation is 1. The number of para-hydroxylation sites is 1. The first kappa shape index (κ1) is 10.3. The van der Waals surface area contributed by atoms with Crippen molar-refractivity contribution in [2.45, 2.75) is 19.4 Å². The van der Waals surface area contributed by atoms with Crippen molar-refractivity contribution in [2.75, 3.05) is 13.1 Å².